The number of aryl methyl sites for hydroxylation is 2. The SMILES string of the molecule is Cc1ncsc1-c1ccc(C2(C)NC([C@@H]3C[C@@H](O)CN3C(=O)C(c3cn(C)nn3)C(C)C)=NC2=O)cc1. The highest BCUT2D eigenvalue weighted by atomic mass is 32.1. The first-order chi connectivity index (χ1) is 17.6. The van der Waals surface area contributed by atoms with Gasteiger partial charge in [-0.3, -0.25) is 14.3 Å². The molecule has 37 heavy (non-hydrogen) atoms. The summed E-state index contributed by atoms with van der Waals surface area (Å²) in [5.41, 5.74) is 4.12. The molecule has 0 radical (unpaired) electrons. The van der Waals surface area contributed by atoms with Crippen molar-refractivity contribution in [3.8, 4) is 10.4 Å². The number of β-amino-alcohol motifs (C(OH)–C–C–N with tert-alkyl or cyclic N) is 1. The minimum atomic E-state index is -1.07. The molecule has 1 saturated heterocycles. The maximum atomic E-state index is 13.8. The second-order valence-corrected chi connectivity index (χ2v) is 11.2. The van der Waals surface area contributed by atoms with Crippen LogP contribution in [0.2, 0.25) is 0 Å². The summed E-state index contributed by atoms with van der Waals surface area (Å²) in [5, 5.41) is 22.0. The van der Waals surface area contributed by atoms with Gasteiger partial charge in [-0.1, -0.05) is 43.3 Å². The fourth-order valence-corrected chi connectivity index (χ4v) is 6.01. The number of rotatable bonds is 6. The fraction of sp³-hybridized carbons (Fsp3) is 0.462. The Hall–Kier alpha value is -3.44. The van der Waals surface area contributed by atoms with Gasteiger partial charge in [-0.15, -0.1) is 16.4 Å². The lowest BCUT2D eigenvalue weighted by molar-refractivity contribution is -0.134. The van der Waals surface area contributed by atoms with Crippen molar-refractivity contribution in [2.75, 3.05) is 6.54 Å². The van der Waals surface area contributed by atoms with Crippen LogP contribution in [-0.4, -0.2) is 66.3 Å². The van der Waals surface area contributed by atoms with E-state index >= 15 is 0 Å². The molecule has 194 valence electrons. The second kappa shape index (κ2) is 9.46. The van der Waals surface area contributed by atoms with Crippen LogP contribution >= 0.6 is 11.3 Å². The van der Waals surface area contributed by atoms with Crippen molar-refractivity contribution in [2.24, 2.45) is 18.0 Å². The lowest BCUT2D eigenvalue weighted by Gasteiger charge is -2.31. The molecule has 5 rings (SSSR count). The average molecular weight is 522 g/mol. The van der Waals surface area contributed by atoms with E-state index in [9.17, 15) is 14.7 Å². The van der Waals surface area contributed by atoms with Crippen LogP contribution in [0.5, 0.6) is 0 Å². The molecular weight excluding hydrogens is 490 g/mol. The minimum absolute atomic E-state index is 0.0336. The van der Waals surface area contributed by atoms with E-state index in [0.717, 1.165) is 21.7 Å². The number of nitrogens with one attached hydrogen (secondary N) is 1. The van der Waals surface area contributed by atoms with Gasteiger partial charge in [-0.2, -0.15) is 4.99 Å². The molecule has 0 saturated carbocycles. The first-order valence-corrected chi connectivity index (χ1v) is 13.2. The molecular formula is C26H31N7O3S. The molecule has 3 aromatic rings. The number of amidine groups is 1. The van der Waals surface area contributed by atoms with Gasteiger partial charge in [0, 0.05) is 26.2 Å². The molecule has 2 aromatic heterocycles. The Morgan fingerprint density at radius 3 is 2.59 bits per heavy atom. The number of aliphatic hydroxyl groups is 1. The number of thiazole rings is 1. The van der Waals surface area contributed by atoms with Crippen molar-refractivity contribution < 1.29 is 14.7 Å². The number of amides is 2. The number of likely N-dealkylation sites (tertiary alicyclic amines) is 1. The molecule has 4 atom stereocenters. The van der Waals surface area contributed by atoms with Gasteiger partial charge < -0.3 is 15.3 Å². The quantitative estimate of drug-likeness (QED) is 0.510. The van der Waals surface area contributed by atoms with Gasteiger partial charge in [-0.05, 0) is 30.9 Å². The van der Waals surface area contributed by atoms with Crippen LogP contribution in [0, 0.1) is 12.8 Å². The molecule has 2 amide bonds. The van der Waals surface area contributed by atoms with Crippen LogP contribution in [0.15, 0.2) is 41.0 Å². The van der Waals surface area contributed by atoms with Gasteiger partial charge in [-0.25, -0.2) is 4.98 Å². The van der Waals surface area contributed by atoms with E-state index < -0.39 is 23.6 Å². The van der Waals surface area contributed by atoms with Crippen molar-refractivity contribution >= 4 is 29.0 Å². The smallest absolute Gasteiger partial charge is 0.277 e. The lowest BCUT2D eigenvalue weighted by Crippen LogP contribution is -2.51. The third-order valence-electron chi connectivity index (χ3n) is 7.25. The Morgan fingerprint density at radius 2 is 2.00 bits per heavy atom. The fourth-order valence-electron chi connectivity index (χ4n) is 5.20. The van der Waals surface area contributed by atoms with Gasteiger partial charge in [0.1, 0.15) is 11.4 Å². The Bertz CT molecular complexity index is 1360. The summed E-state index contributed by atoms with van der Waals surface area (Å²) in [6.45, 7) is 7.86. The molecule has 10 nitrogen and oxygen atoms in total. The van der Waals surface area contributed by atoms with Crippen LogP contribution in [0.3, 0.4) is 0 Å². The Labute approximate surface area is 219 Å². The predicted octanol–water partition coefficient (Wildman–Crippen LogP) is 2.39. The molecule has 0 aliphatic carbocycles. The summed E-state index contributed by atoms with van der Waals surface area (Å²) in [7, 11) is 1.76. The van der Waals surface area contributed by atoms with Crippen molar-refractivity contribution in [1.82, 2.24) is 30.2 Å². The predicted molar refractivity (Wildman–Crippen MR) is 140 cm³/mol. The summed E-state index contributed by atoms with van der Waals surface area (Å²) in [6, 6.07) is 7.28. The molecule has 1 fully saturated rings. The molecule has 2 N–H and O–H groups in total. The van der Waals surface area contributed by atoms with Crippen molar-refractivity contribution in [3.05, 3.63) is 52.9 Å². The van der Waals surface area contributed by atoms with Crippen molar-refractivity contribution in [3.63, 3.8) is 0 Å². The van der Waals surface area contributed by atoms with Crippen LogP contribution < -0.4 is 5.32 Å². The second-order valence-electron chi connectivity index (χ2n) is 10.3. The number of hydrogen-bond donors (Lipinski definition) is 2. The van der Waals surface area contributed by atoms with Gasteiger partial charge in [0.05, 0.1) is 39.8 Å². The van der Waals surface area contributed by atoms with Crippen LogP contribution in [0.25, 0.3) is 10.4 Å². The molecule has 2 unspecified atom stereocenters. The highest BCUT2D eigenvalue weighted by Gasteiger charge is 2.48. The molecule has 0 bridgehead atoms. The van der Waals surface area contributed by atoms with E-state index in [1.165, 1.54) is 0 Å². The van der Waals surface area contributed by atoms with E-state index in [2.05, 4.69) is 25.6 Å². The maximum absolute atomic E-state index is 13.8. The highest BCUT2D eigenvalue weighted by molar-refractivity contribution is 7.13. The lowest BCUT2D eigenvalue weighted by atomic mass is 9.90. The van der Waals surface area contributed by atoms with E-state index in [1.807, 2.05) is 50.5 Å². The van der Waals surface area contributed by atoms with Crippen LogP contribution in [-0.2, 0) is 22.2 Å². The van der Waals surface area contributed by atoms with Gasteiger partial charge in [0.2, 0.25) is 5.91 Å². The third kappa shape index (κ3) is 4.46. The Morgan fingerprint density at radius 1 is 1.27 bits per heavy atom. The molecule has 4 heterocycles. The highest BCUT2D eigenvalue weighted by Crippen LogP contribution is 2.34. The first kappa shape index (κ1) is 25.2. The first-order valence-electron chi connectivity index (χ1n) is 12.4. The molecule has 2 aliphatic heterocycles. The monoisotopic (exact) mass is 521 g/mol. The van der Waals surface area contributed by atoms with E-state index in [1.54, 1.807) is 41.1 Å². The number of aliphatic imine (C=N–C) groups is 1. The summed E-state index contributed by atoms with van der Waals surface area (Å²) < 4.78 is 1.57. The van der Waals surface area contributed by atoms with E-state index in [4.69, 9.17) is 0 Å². The third-order valence-corrected chi connectivity index (χ3v) is 8.22. The topological polar surface area (TPSA) is 126 Å². The number of nitrogens with zero attached hydrogens (tertiary/aromatic N) is 6. The molecule has 11 heteroatoms. The largest absolute Gasteiger partial charge is 0.391 e. The van der Waals surface area contributed by atoms with Gasteiger partial charge in [0.25, 0.3) is 5.91 Å². The van der Waals surface area contributed by atoms with Crippen molar-refractivity contribution in [1.29, 1.82) is 0 Å². The number of carbonyl (C=O) groups excluding carboxylic acids is 2. The van der Waals surface area contributed by atoms with Gasteiger partial charge in [0.15, 0.2) is 0 Å². The van der Waals surface area contributed by atoms with Crippen LogP contribution in [0.1, 0.15) is 50.1 Å². The normalized spacial score (nSPS) is 24.5. The van der Waals surface area contributed by atoms with Crippen LogP contribution in [0.4, 0.5) is 0 Å². The maximum Gasteiger partial charge on any atom is 0.277 e. The zero-order valence-electron chi connectivity index (χ0n) is 21.5. The molecule has 1 aromatic carbocycles. The summed E-state index contributed by atoms with van der Waals surface area (Å²) >= 11 is 1.58. The Balaban J connectivity index is 1.39. The minimum Gasteiger partial charge on any atom is -0.391 e. The number of carbonyl (C=O) groups is 2. The number of benzene rings is 1. The number of hydrogen-bond acceptors (Lipinski definition) is 8. The number of aromatic nitrogens is 4. The van der Waals surface area contributed by atoms with Gasteiger partial charge >= 0.3 is 0 Å². The summed E-state index contributed by atoms with van der Waals surface area (Å²) in [6.07, 6.45) is 1.33. The average Bonchev–Trinajstić information content (AvgIpc) is 3.62. The summed E-state index contributed by atoms with van der Waals surface area (Å²) in [5.74, 6) is -0.636. The standard InChI is InChI=1S/C26H31N7O3S/c1-14(2)21(19-12-32(5)31-30-19)24(35)33-11-18(34)10-20(33)23-28-25(36)26(4,29-23)17-8-6-16(7-9-17)22-15(3)27-13-37-22/h6-9,12-14,18,20-21,34H,10-11H2,1-5H3,(H,28,29,36)/t18-,20+,21?,26?/m1/s1. The summed E-state index contributed by atoms with van der Waals surface area (Å²) in [4.78, 5) is 38.4. The molecule has 0 spiro atoms. The van der Waals surface area contributed by atoms with E-state index in [0.29, 0.717) is 18.0 Å². The molecule has 2 aliphatic rings. The zero-order valence-corrected chi connectivity index (χ0v) is 22.4. The Kier molecular flexibility index (Phi) is 6.45. The van der Waals surface area contributed by atoms with E-state index in [-0.39, 0.29) is 24.3 Å². The zero-order chi connectivity index (χ0) is 26.5. The number of aliphatic hydroxyl groups excluding tert-OH is 1. The van der Waals surface area contributed by atoms with Crippen molar-refractivity contribution in [2.45, 2.75) is 57.7 Å².